The molecule has 0 fully saturated rings. The molecule has 0 bridgehead atoms. The first-order chi connectivity index (χ1) is 14.1. The molecule has 0 saturated carbocycles. The van der Waals surface area contributed by atoms with E-state index in [4.69, 9.17) is 0 Å². The smallest absolute Gasteiger partial charge is 0.269 e. The largest absolute Gasteiger partial charge is 0.293 e. The molecule has 2 aromatic heterocycles. The Labute approximate surface area is 169 Å². The van der Waals surface area contributed by atoms with E-state index in [0.717, 1.165) is 10.9 Å². The average molecular weight is 405 g/mol. The summed E-state index contributed by atoms with van der Waals surface area (Å²) in [4.78, 5) is 31.3. The molecule has 4 aromatic rings. The normalized spacial score (nSPS) is 10.9. The van der Waals surface area contributed by atoms with Crippen LogP contribution in [-0.4, -0.2) is 36.2 Å². The van der Waals surface area contributed by atoms with Gasteiger partial charge in [0.05, 0.1) is 28.8 Å². The van der Waals surface area contributed by atoms with Gasteiger partial charge in [-0.25, -0.2) is 14.6 Å². The van der Waals surface area contributed by atoms with Crippen molar-refractivity contribution in [2.24, 2.45) is 0 Å². The second-order valence-corrected chi connectivity index (χ2v) is 7.18. The fraction of sp³-hybridized carbons (Fsp3) is 0.100. The Morgan fingerprint density at radius 3 is 2.55 bits per heavy atom. The fourth-order valence-corrected chi connectivity index (χ4v) is 3.70. The van der Waals surface area contributed by atoms with E-state index in [9.17, 15) is 14.9 Å². The Balaban J connectivity index is 1.49. The molecule has 8 nitrogen and oxygen atoms in total. The first kappa shape index (κ1) is 18.8. The first-order valence-electron chi connectivity index (χ1n) is 8.73. The van der Waals surface area contributed by atoms with Crippen LogP contribution in [0.5, 0.6) is 0 Å². The van der Waals surface area contributed by atoms with Crippen molar-refractivity contribution in [1.82, 2.24) is 19.7 Å². The van der Waals surface area contributed by atoms with Crippen LogP contribution in [0.25, 0.3) is 11.0 Å². The maximum absolute atomic E-state index is 12.4. The third kappa shape index (κ3) is 4.14. The van der Waals surface area contributed by atoms with Crippen molar-refractivity contribution in [2.45, 2.75) is 11.6 Å². The number of Topliss-reactive ketones (excluding diaryl/α,β-unsaturated/α-hetero) is 1. The lowest BCUT2D eigenvalue weighted by Crippen LogP contribution is -2.04. The molecule has 4 rings (SSSR count). The Morgan fingerprint density at radius 2 is 1.83 bits per heavy atom. The Bertz CT molecular complexity index is 1180. The number of aromatic nitrogens is 4. The van der Waals surface area contributed by atoms with E-state index < -0.39 is 4.92 Å². The Morgan fingerprint density at radius 1 is 1.07 bits per heavy atom. The van der Waals surface area contributed by atoms with Gasteiger partial charge in [-0.2, -0.15) is 5.10 Å². The van der Waals surface area contributed by atoms with Crippen molar-refractivity contribution in [3.05, 3.63) is 88.4 Å². The predicted molar refractivity (Wildman–Crippen MR) is 109 cm³/mol. The van der Waals surface area contributed by atoms with Gasteiger partial charge in [-0.15, -0.1) is 0 Å². The van der Waals surface area contributed by atoms with Gasteiger partial charge >= 0.3 is 0 Å². The van der Waals surface area contributed by atoms with Gasteiger partial charge in [-0.3, -0.25) is 14.9 Å². The molecule has 0 radical (unpaired) electrons. The van der Waals surface area contributed by atoms with Crippen LogP contribution >= 0.6 is 11.8 Å². The zero-order chi connectivity index (χ0) is 20.2. The molecular weight excluding hydrogens is 390 g/mol. The highest BCUT2D eigenvalue weighted by Crippen LogP contribution is 2.25. The number of hydrogen-bond acceptors (Lipinski definition) is 7. The third-order valence-corrected chi connectivity index (χ3v) is 5.32. The topological polar surface area (TPSA) is 104 Å². The molecule has 0 amide bonds. The standard InChI is InChI=1S/C20H15N5O3S/c26-18(15-6-8-16(9-7-15)25(27)28)12-29-20-17-10-23-24(19(17)21-13-22-20)11-14-4-2-1-3-5-14/h1-10,13H,11-12H2. The highest BCUT2D eigenvalue weighted by Gasteiger charge is 2.14. The molecule has 2 aromatic carbocycles. The summed E-state index contributed by atoms with van der Waals surface area (Å²) in [5.41, 5.74) is 2.19. The molecule has 9 heteroatoms. The molecule has 0 atom stereocenters. The molecule has 0 aliphatic carbocycles. The lowest BCUT2D eigenvalue weighted by atomic mass is 10.1. The van der Waals surface area contributed by atoms with Crippen molar-refractivity contribution >= 4 is 34.3 Å². The summed E-state index contributed by atoms with van der Waals surface area (Å²) in [6, 6.07) is 15.5. The second-order valence-electron chi connectivity index (χ2n) is 6.22. The van der Waals surface area contributed by atoms with E-state index in [2.05, 4.69) is 15.1 Å². The lowest BCUT2D eigenvalue weighted by Gasteiger charge is -2.05. The number of thioether (sulfide) groups is 1. The van der Waals surface area contributed by atoms with Crippen molar-refractivity contribution in [1.29, 1.82) is 0 Å². The first-order valence-corrected chi connectivity index (χ1v) is 9.71. The SMILES string of the molecule is O=C(CSc1ncnc2c1cnn2Cc1ccccc1)c1ccc([N+](=O)[O-])cc1. The Hall–Kier alpha value is -3.59. The summed E-state index contributed by atoms with van der Waals surface area (Å²) in [7, 11) is 0. The summed E-state index contributed by atoms with van der Waals surface area (Å²) in [5.74, 6) is 0.0293. The van der Waals surface area contributed by atoms with Gasteiger partial charge in [-0.05, 0) is 17.7 Å². The van der Waals surface area contributed by atoms with E-state index in [1.807, 2.05) is 30.3 Å². The number of carbonyl (C=O) groups excluding carboxylic acids is 1. The number of rotatable bonds is 7. The van der Waals surface area contributed by atoms with E-state index >= 15 is 0 Å². The number of benzene rings is 2. The van der Waals surface area contributed by atoms with Crippen LogP contribution in [0.15, 0.2) is 72.1 Å². The summed E-state index contributed by atoms with van der Waals surface area (Å²) in [5, 5.41) is 16.6. The number of nitro benzene ring substituents is 1. The highest BCUT2D eigenvalue weighted by molar-refractivity contribution is 8.00. The minimum atomic E-state index is -0.492. The van der Waals surface area contributed by atoms with E-state index in [0.29, 0.717) is 22.8 Å². The highest BCUT2D eigenvalue weighted by atomic mass is 32.2. The number of hydrogen-bond donors (Lipinski definition) is 0. The van der Waals surface area contributed by atoms with Crippen LogP contribution in [0.1, 0.15) is 15.9 Å². The summed E-state index contributed by atoms with van der Waals surface area (Å²) >= 11 is 1.30. The van der Waals surface area contributed by atoms with Gasteiger partial charge in [0.25, 0.3) is 5.69 Å². The van der Waals surface area contributed by atoms with Gasteiger partial charge in [0.15, 0.2) is 11.4 Å². The van der Waals surface area contributed by atoms with Crippen LogP contribution < -0.4 is 0 Å². The number of carbonyl (C=O) groups is 1. The number of fused-ring (bicyclic) bond motifs is 1. The summed E-state index contributed by atoms with van der Waals surface area (Å²) < 4.78 is 1.80. The minimum absolute atomic E-state index is 0.0439. The number of nitrogens with zero attached hydrogens (tertiary/aromatic N) is 5. The van der Waals surface area contributed by atoms with Crippen LogP contribution in [0.2, 0.25) is 0 Å². The molecule has 0 saturated heterocycles. The van der Waals surface area contributed by atoms with Gasteiger partial charge in [0, 0.05) is 17.7 Å². The molecular formula is C20H15N5O3S. The third-order valence-electron chi connectivity index (χ3n) is 4.31. The zero-order valence-electron chi connectivity index (χ0n) is 15.1. The number of ketones is 1. The van der Waals surface area contributed by atoms with Crippen molar-refractivity contribution in [3.63, 3.8) is 0 Å². The maximum atomic E-state index is 12.4. The lowest BCUT2D eigenvalue weighted by molar-refractivity contribution is -0.384. The monoisotopic (exact) mass is 405 g/mol. The summed E-state index contributed by atoms with van der Waals surface area (Å²) in [6.45, 7) is 0.590. The van der Waals surface area contributed by atoms with Crippen molar-refractivity contribution < 1.29 is 9.72 Å². The maximum Gasteiger partial charge on any atom is 0.269 e. The van der Waals surface area contributed by atoms with Crippen molar-refractivity contribution in [3.8, 4) is 0 Å². The Kier molecular flexibility index (Phi) is 5.30. The second kappa shape index (κ2) is 8.19. The van der Waals surface area contributed by atoms with E-state index in [1.165, 1.54) is 42.4 Å². The molecule has 0 spiro atoms. The van der Waals surface area contributed by atoms with Gasteiger partial charge in [0.1, 0.15) is 11.4 Å². The zero-order valence-corrected chi connectivity index (χ0v) is 16.0. The average Bonchev–Trinajstić information content (AvgIpc) is 3.16. The van der Waals surface area contributed by atoms with Crippen LogP contribution in [0, 0.1) is 10.1 Å². The molecule has 0 N–H and O–H groups in total. The fourth-order valence-electron chi connectivity index (χ4n) is 2.84. The van der Waals surface area contributed by atoms with E-state index in [1.54, 1.807) is 10.9 Å². The molecule has 144 valence electrons. The molecule has 0 aliphatic rings. The quantitative estimate of drug-likeness (QED) is 0.152. The predicted octanol–water partition coefficient (Wildman–Crippen LogP) is 3.76. The van der Waals surface area contributed by atoms with Gasteiger partial charge < -0.3 is 0 Å². The molecule has 29 heavy (non-hydrogen) atoms. The van der Waals surface area contributed by atoms with E-state index in [-0.39, 0.29) is 17.2 Å². The summed E-state index contributed by atoms with van der Waals surface area (Å²) in [6.07, 6.45) is 3.17. The number of non-ortho nitro benzene ring substituents is 1. The molecule has 0 unspecified atom stereocenters. The van der Waals surface area contributed by atoms with Crippen LogP contribution in [-0.2, 0) is 6.54 Å². The molecule has 2 heterocycles. The molecule has 0 aliphatic heterocycles. The van der Waals surface area contributed by atoms with Crippen molar-refractivity contribution in [2.75, 3.05) is 5.75 Å². The van der Waals surface area contributed by atoms with Crippen LogP contribution in [0.4, 0.5) is 5.69 Å². The van der Waals surface area contributed by atoms with Crippen LogP contribution in [0.3, 0.4) is 0 Å². The minimum Gasteiger partial charge on any atom is -0.293 e. The van der Waals surface area contributed by atoms with Gasteiger partial charge in [-0.1, -0.05) is 42.1 Å². The number of nitro groups is 1. The van der Waals surface area contributed by atoms with Gasteiger partial charge in [0.2, 0.25) is 0 Å².